The molecule has 1 fully saturated rings. The fraction of sp³-hybridized carbons (Fsp3) is 0.700. The lowest BCUT2D eigenvalue weighted by molar-refractivity contribution is -0.150. The van der Waals surface area contributed by atoms with Crippen LogP contribution < -0.4 is 0 Å². The van der Waals surface area contributed by atoms with Crippen LogP contribution in [0.25, 0.3) is 0 Å². The molecule has 0 saturated heterocycles. The number of esters is 1. The minimum absolute atomic E-state index is 0.0351. The van der Waals surface area contributed by atoms with Gasteiger partial charge in [-0.2, -0.15) is 0 Å². The summed E-state index contributed by atoms with van der Waals surface area (Å²) in [7, 11) is 0. The molecule has 0 aromatic rings. The topological polar surface area (TPSA) is 43.4 Å². The van der Waals surface area contributed by atoms with Crippen LogP contribution in [0.3, 0.4) is 0 Å². The van der Waals surface area contributed by atoms with E-state index in [2.05, 4.69) is 32.1 Å². The van der Waals surface area contributed by atoms with Gasteiger partial charge in [0.1, 0.15) is 6.42 Å². The van der Waals surface area contributed by atoms with Crippen molar-refractivity contribution in [2.75, 3.05) is 6.61 Å². The average Bonchev–Trinajstić information content (AvgIpc) is 2.50. The number of ketones is 1. The average molecular weight is 318 g/mol. The Morgan fingerprint density at radius 3 is 2.70 bits per heavy atom. The molecule has 0 amide bonds. The van der Waals surface area contributed by atoms with Crippen LogP contribution in [0.4, 0.5) is 0 Å². The highest BCUT2D eigenvalue weighted by Crippen LogP contribution is 2.53. The third-order valence-electron chi connectivity index (χ3n) is 5.80. The Morgan fingerprint density at radius 1 is 1.30 bits per heavy atom. The third-order valence-corrected chi connectivity index (χ3v) is 5.80. The zero-order valence-electron chi connectivity index (χ0n) is 14.9. The molecule has 0 aliphatic heterocycles. The van der Waals surface area contributed by atoms with Gasteiger partial charge in [0.05, 0.1) is 6.61 Å². The van der Waals surface area contributed by atoms with Crippen LogP contribution in [-0.2, 0) is 14.3 Å². The highest BCUT2D eigenvalue weighted by Gasteiger charge is 2.51. The summed E-state index contributed by atoms with van der Waals surface area (Å²) >= 11 is 0. The van der Waals surface area contributed by atoms with Crippen molar-refractivity contribution < 1.29 is 14.3 Å². The van der Waals surface area contributed by atoms with Crippen molar-refractivity contribution >= 4 is 11.8 Å². The van der Waals surface area contributed by atoms with E-state index in [0.29, 0.717) is 24.4 Å². The van der Waals surface area contributed by atoms with E-state index in [1.165, 1.54) is 6.42 Å². The molecule has 0 unspecified atom stereocenters. The molecule has 1 saturated carbocycles. The maximum atomic E-state index is 13.1. The monoisotopic (exact) mass is 318 g/mol. The number of carbonyl (C=O) groups is 2. The first-order valence-corrected chi connectivity index (χ1v) is 8.93. The van der Waals surface area contributed by atoms with Crippen LogP contribution in [0.15, 0.2) is 24.3 Å². The Morgan fingerprint density at radius 2 is 2.04 bits per heavy atom. The highest BCUT2D eigenvalue weighted by molar-refractivity contribution is 5.99. The molecule has 5 atom stereocenters. The van der Waals surface area contributed by atoms with Crippen LogP contribution in [0.5, 0.6) is 0 Å². The second-order valence-electron chi connectivity index (χ2n) is 7.31. The van der Waals surface area contributed by atoms with Crippen LogP contribution >= 0.6 is 0 Å². The van der Waals surface area contributed by atoms with E-state index in [9.17, 15) is 9.59 Å². The van der Waals surface area contributed by atoms with Crippen LogP contribution in [0.1, 0.15) is 53.4 Å². The van der Waals surface area contributed by atoms with E-state index in [4.69, 9.17) is 4.74 Å². The van der Waals surface area contributed by atoms with Crippen molar-refractivity contribution in [1.82, 2.24) is 0 Å². The standard InChI is InChI=1S/C20H30O3/c1-5-7-16-10-9-15-12-14(3)8-11-17(15)20(16,4)18(21)13-19(22)23-6-2/h5,7,9-10,14-17H,6,8,11-13H2,1-4H3/b7-5+/t14-,15-,16-,17-,20-/m1/s1. The lowest BCUT2D eigenvalue weighted by atomic mass is 9.53. The number of Topliss-reactive ketones (excluding diaryl/α,β-unsaturated/α-hetero) is 1. The van der Waals surface area contributed by atoms with Gasteiger partial charge in [-0.15, -0.1) is 0 Å². The Bertz CT molecular complexity index is 505. The molecule has 2 aliphatic rings. The Kier molecular flexibility index (Phi) is 5.83. The van der Waals surface area contributed by atoms with Gasteiger partial charge in [0.15, 0.2) is 5.78 Å². The summed E-state index contributed by atoms with van der Waals surface area (Å²) in [4.78, 5) is 24.9. The Labute approximate surface area is 140 Å². The van der Waals surface area contributed by atoms with Crippen molar-refractivity contribution in [3.8, 4) is 0 Å². The summed E-state index contributed by atoms with van der Waals surface area (Å²) in [5, 5.41) is 0. The molecule has 3 nitrogen and oxygen atoms in total. The first-order chi connectivity index (χ1) is 10.9. The predicted octanol–water partition coefficient (Wildman–Crippen LogP) is 4.33. The molecule has 0 radical (unpaired) electrons. The smallest absolute Gasteiger partial charge is 0.313 e. The molecule has 0 aromatic carbocycles. The van der Waals surface area contributed by atoms with E-state index in [1.807, 2.05) is 13.0 Å². The molecule has 3 heteroatoms. The number of fused-ring (bicyclic) bond motifs is 1. The predicted molar refractivity (Wildman–Crippen MR) is 91.8 cm³/mol. The molecule has 0 N–H and O–H groups in total. The molecule has 2 aliphatic carbocycles. The summed E-state index contributed by atoms with van der Waals surface area (Å²) < 4.78 is 5.00. The normalized spacial score (nSPS) is 36.7. The SMILES string of the molecule is C/C=C/[C@@H]1C=C[C@@H]2C[C@H](C)CC[C@H]2[C@]1(C)C(=O)CC(=O)OCC. The van der Waals surface area contributed by atoms with Gasteiger partial charge in [-0.1, -0.05) is 44.6 Å². The third kappa shape index (κ3) is 3.59. The van der Waals surface area contributed by atoms with Gasteiger partial charge < -0.3 is 4.74 Å². The fourth-order valence-corrected chi connectivity index (χ4v) is 4.49. The number of hydrogen-bond donors (Lipinski definition) is 0. The van der Waals surface area contributed by atoms with Gasteiger partial charge in [-0.25, -0.2) is 0 Å². The van der Waals surface area contributed by atoms with Gasteiger partial charge in [-0.05, 0) is 44.4 Å². The van der Waals surface area contributed by atoms with Crippen molar-refractivity contribution in [2.24, 2.45) is 29.1 Å². The first kappa shape index (κ1) is 18.0. The lowest BCUT2D eigenvalue weighted by Gasteiger charge is -2.49. The molecule has 23 heavy (non-hydrogen) atoms. The van der Waals surface area contributed by atoms with E-state index in [1.54, 1.807) is 6.92 Å². The van der Waals surface area contributed by atoms with Gasteiger partial charge in [0.2, 0.25) is 0 Å². The number of rotatable bonds is 5. The number of ether oxygens (including phenoxy) is 1. The van der Waals surface area contributed by atoms with Crippen LogP contribution in [0, 0.1) is 29.1 Å². The second kappa shape index (κ2) is 7.46. The maximum Gasteiger partial charge on any atom is 0.313 e. The summed E-state index contributed by atoms with van der Waals surface area (Å²) in [6.07, 6.45) is 11.9. The van der Waals surface area contributed by atoms with Gasteiger partial charge in [-0.3, -0.25) is 9.59 Å². The minimum atomic E-state index is -0.501. The van der Waals surface area contributed by atoms with Crippen molar-refractivity contribution in [1.29, 1.82) is 0 Å². The summed E-state index contributed by atoms with van der Waals surface area (Å²) in [5.41, 5.74) is -0.501. The van der Waals surface area contributed by atoms with E-state index < -0.39 is 11.4 Å². The van der Waals surface area contributed by atoms with E-state index in [0.717, 1.165) is 12.8 Å². The van der Waals surface area contributed by atoms with Gasteiger partial charge in [0, 0.05) is 11.3 Å². The van der Waals surface area contributed by atoms with E-state index >= 15 is 0 Å². The van der Waals surface area contributed by atoms with Gasteiger partial charge >= 0.3 is 5.97 Å². The highest BCUT2D eigenvalue weighted by atomic mass is 16.5. The molecular formula is C20H30O3. The number of hydrogen-bond acceptors (Lipinski definition) is 3. The van der Waals surface area contributed by atoms with Gasteiger partial charge in [0.25, 0.3) is 0 Å². The Balaban J connectivity index is 2.30. The van der Waals surface area contributed by atoms with Crippen molar-refractivity contribution in [2.45, 2.75) is 53.4 Å². The fourth-order valence-electron chi connectivity index (χ4n) is 4.49. The van der Waals surface area contributed by atoms with Crippen molar-refractivity contribution in [3.63, 3.8) is 0 Å². The van der Waals surface area contributed by atoms with E-state index in [-0.39, 0.29) is 18.1 Å². The summed E-state index contributed by atoms with van der Waals surface area (Å²) in [6.45, 7) is 8.44. The van der Waals surface area contributed by atoms with Crippen LogP contribution in [-0.4, -0.2) is 18.4 Å². The maximum absolute atomic E-state index is 13.1. The summed E-state index contributed by atoms with van der Waals surface area (Å²) in [6, 6.07) is 0. The lowest BCUT2D eigenvalue weighted by Crippen LogP contribution is -2.48. The quantitative estimate of drug-likeness (QED) is 0.430. The number of allylic oxidation sites excluding steroid dienone is 4. The molecule has 0 heterocycles. The molecule has 0 bridgehead atoms. The largest absolute Gasteiger partial charge is 0.466 e. The summed E-state index contributed by atoms with van der Waals surface area (Å²) in [5.74, 6) is 1.21. The van der Waals surface area contributed by atoms with Crippen LogP contribution in [0.2, 0.25) is 0 Å². The Hall–Kier alpha value is -1.38. The zero-order chi connectivity index (χ0) is 17.0. The second-order valence-corrected chi connectivity index (χ2v) is 7.31. The van der Waals surface area contributed by atoms with Crippen molar-refractivity contribution in [3.05, 3.63) is 24.3 Å². The first-order valence-electron chi connectivity index (χ1n) is 8.93. The zero-order valence-corrected chi connectivity index (χ0v) is 14.9. The number of carbonyl (C=O) groups excluding carboxylic acids is 2. The minimum Gasteiger partial charge on any atom is -0.466 e. The molecular weight excluding hydrogens is 288 g/mol. The molecule has 2 rings (SSSR count). The molecule has 128 valence electrons. The molecule has 0 aromatic heterocycles. The molecule has 0 spiro atoms.